The molecular formula is C13H14O2S. The van der Waals surface area contributed by atoms with Gasteiger partial charge in [0, 0.05) is 11.3 Å². The van der Waals surface area contributed by atoms with Crippen LogP contribution in [-0.4, -0.2) is 14.2 Å². The lowest BCUT2D eigenvalue weighted by atomic mass is 10.1. The fourth-order valence-electron chi connectivity index (χ4n) is 1.60. The van der Waals surface area contributed by atoms with Crippen molar-refractivity contribution in [3.05, 3.63) is 46.2 Å². The van der Waals surface area contributed by atoms with Crippen molar-refractivity contribution < 1.29 is 9.47 Å². The van der Waals surface area contributed by atoms with Crippen LogP contribution in [-0.2, 0) is 6.42 Å². The normalized spacial score (nSPS) is 10.1. The minimum atomic E-state index is 0.775. The van der Waals surface area contributed by atoms with E-state index in [-0.39, 0.29) is 0 Å². The van der Waals surface area contributed by atoms with Gasteiger partial charge in [-0.2, -0.15) is 0 Å². The van der Waals surface area contributed by atoms with Crippen molar-refractivity contribution in [3.63, 3.8) is 0 Å². The Morgan fingerprint density at radius 1 is 1.06 bits per heavy atom. The van der Waals surface area contributed by atoms with E-state index in [2.05, 4.69) is 23.6 Å². The Morgan fingerprint density at radius 3 is 2.50 bits per heavy atom. The predicted molar refractivity (Wildman–Crippen MR) is 66.7 cm³/mol. The molecule has 0 aliphatic carbocycles. The summed E-state index contributed by atoms with van der Waals surface area (Å²) < 4.78 is 10.5. The van der Waals surface area contributed by atoms with Gasteiger partial charge in [-0.25, -0.2) is 0 Å². The molecule has 84 valence electrons. The summed E-state index contributed by atoms with van der Waals surface area (Å²) in [4.78, 5) is 1.35. The van der Waals surface area contributed by atoms with E-state index >= 15 is 0 Å². The Kier molecular flexibility index (Phi) is 3.47. The molecule has 0 saturated carbocycles. The fourth-order valence-corrected chi connectivity index (χ4v) is 2.34. The van der Waals surface area contributed by atoms with Gasteiger partial charge in [0.1, 0.15) is 0 Å². The summed E-state index contributed by atoms with van der Waals surface area (Å²) in [7, 11) is 3.31. The molecule has 2 nitrogen and oxygen atoms in total. The van der Waals surface area contributed by atoms with Crippen LogP contribution in [0.4, 0.5) is 0 Å². The molecule has 3 heteroatoms. The summed E-state index contributed by atoms with van der Waals surface area (Å²) in [6.45, 7) is 0. The van der Waals surface area contributed by atoms with E-state index in [1.807, 2.05) is 12.1 Å². The first-order valence-corrected chi connectivity index (χ1v) is 5.94. The van der Waals surface area contributed by atoms with Crippen LogP contribution in [0.15, 0.2) is 35.7 Å². The van der Waals surface area contributed by atoms with E-state index in [0.29, 0.717) is 0 Å². The molecule has 0 saturated heterocycles. The third-order valence-corrected chi connectivity index (χ3v) is 3.28. The zero-order valence-corrected chi connectivity index (χ0v) is 10.2. The molecule has 0 unspecified atom stereocenters. The Hall–Kier alpha value is -1.48. The molecule has 0 bridgehead atoms. The van der Waals surface area contributed by atoms with Gasteiger partial charge < -0.3 is 9.47 Å². The molecule has 0 aliphatic heterocycles. The molecule has 1 aromatic carbocycles. The average molecular weight is 234 g/mol. The minimum absolute atomic E-state index is 0.775. The van der Waals surface area contributed by atoms with E-state index in [4.69, 9.17) is 9.47 Å². The maximum absolute atomic E-state index is 5.27. The molecule has 0 atom stereocenters. The first-order valence-electron chi connectivity index (χ1n) is 5.07. The molecule has 2 rings (SSSR count). The van der Waals surface area contributed by atoms with E-state index < -0.39 is 0 Å². The van der Waals surface area contributed by atoms with Crippen molar-refractivity contribution in [3.8, 4) is 11.5 Å². The van der Waals surface area contributed by atoms with Gasteiger partial charge in [-0.05, 0) is 29.1 Å². The van der Waals surface area contributed by atoms with Crippen molar-refractivity contribution >= 4 is 11.3 Å². The average Bonchev–Trinajstić information content (AvgIpc) is 2.81. The van der Waals surface area contributed by atoms with Crippen LogP contribution in [0.5, 0.6) is 11.5 Å². The van der Waals surface area contributed by atoms with Gasteiger partial charge >= 0.3 is 0 Å². The molecular weight excluding hydrogens is 220 g/mol. The van der Waals surface area contributed by atoms with Gasteiger partial charge in [0.15, 0.2) is 11.5 Å². The van der Waals surface area contributed by atoms with Crippen molar-refractivity contribution in [2.45, 2.75) is 6.42 Å². The summed E-state index contributed by atoms with van der Waals surface area (Å²) in [5.41, 5.74) is 1.24. The number of benzene rings is 1. The monoisotopic (exact) mass is 234 g/mol. The summed E-state index contributed by atoms with van der Waals surface area (Å²) >= 11 is 1.77. The number of hydrogen-bond acceptors (Lipinski definition) is 3. The molecule has 0 radical (unpaired) electrons. The second kappa shape index (κ2) is 5.03. The standard InChI is InChI=1S/C13H14O2S/c1-14-12-6-5-10(9-13(12)15-2)8-11-4-3-7-16-11/h3-7,9H,8H2,1-2H3. The molecule has 0 fully saturated rings. The number of hydrogen-bond donors (Lipinski definition) is 0. The first kappa shape index (κ1) is 11.0. The minimum Gasteiger partial charge on any atom is -0.493 e. The Morgan fingerprint density at radius 2 is 1.88 bits per heavy atom. The number of ether oxygens (including phenoxy) is 2. The van der Waals surface area contributed by atoms with Crippen LogP contribution in [0.3, 0.4) is 0 Å². The predicted octanol–water partition coefficient (Wildman–Crippen LogP) is 3.36. The molecule has 0 spiro atoms. The van der Waals surface area contributed by atoms with E-state index in [1.165, 1.54) is 10.4 Å². The zero-order chi connectivity index (χ0) is 11.4. The highest BCUT2D eigenvalue weighted by atomic mass is 32.1. The van der Waals surface area contributed by atoms with E-state index in [1.54, 1.807) is 25.6 Å². The molecule has 0 amide bonds. The van der Waals surface area contributed by atoms with Gasteiger partial charge in [-0.1, -0.05) is 12.1 Å². The van der Waals surface area contributed by atoms with Crippen molar-refractivity contribution in [2.75, 3.05) is 14.2 Å². The first-order chi connectivity index (χ1) is 7.83. The summed E-state index contributed by atoms with van der Waals surface area (Å²) in [6.07, 6.45) is 0.942. The van der Waals surface area contributed by atoms with E-state index in [9.17, 15) is 0 Å². The molecule has 16 heavy (non-hydrogen) atoms. The van der Waals surface area contributed by atoms with Gasteiger partial charge in [0.2, 0.25) is 0 Å². The van der Waals surface area contributed by atoms with Crippen LogP contribution >= 0.6 is 11.3 Å². The van der Waals surface area contributed by atoms with Crippen LogP contribution in [0.25, 0.3) is 0 Å². The summed E-state index contributed by atoms with van der Waals surface area (Å²) in [5, 5.41) is 2.09. The zero-order valence-electron chi connectivity index (χ0n) is 9.40. The van der Waals surface area contributed by atoms with E-state index in [0.717, 1.165) is 17.9 Å². The number of thiophene rings is 1. The van der Waals surface area contributed by atoms with Crippen LogP contribution in [0.2, 0.25) is 0 Å². The highest BCUT2D eigenvalue weighted by Crippen LogP contribution is 2.28. The second-order valence-electron chi connectivity index (χ2n) is 3.45. The molecule has 1 aromatic heterocycles. The fraction of sp³-hybridized carbons (Fsp3) is 0.231. The quantitative estimate of drug-likeness (QED) is 0.807. The Labute approximate surface area is 99.5 Å². The molecule has 2 aromatic rings. The lowest BCUT2D eigenvalue weighted by molar-refractivity contribution is 0.354. The Balaban J connectivity index is 2.22. The maximum atomic E-state index is 5.27. The molecule has 0 N–H and O–H groups in total. The van der Waals surface area contributed by atoms with Gasteiger partial charge in [-0.15, -0.1) is 11.3 Å². The lowest BCUT2D eigenvalue weighted by Gasteiger charge is -2.08. The second-order valence-corrected chi connectivity index (χ2v) is 4.48. The lowest BCUT2D eigenvalue weighted by Crippen LogP contribution is -1.92. The maximum Gasteiger partial charge on any atom is 0.160 e. The third kappa shape index (κ3) is 2.36. The topological polar surface area (TPSA) is 18.5 Å². The molecule has 0 aliphatic rings. The number of methoxy groups -OCH3 is 2. The highest BCUT2D eigenvalue weighted by molar-refractivity contribution is 7.09. The van der Waals surface area contributed by atoms with Gasteiger partial charge in [0.25, 0.3) is 0 Å². The highest BCUT2D eigenvalue weighted by Gasteiger charge is 2.05. The number of rotatable bonds is 4. The van der Waals surface area contributed by atoms with Gasteiger partial charge in [-0.3, -0.25) is 0 Å². The third-order valence-electron chi connectivity index (χ3n) is 2.41. The molecule has 1 heterocycles. The summed E-state index contributed by atoms with van der Waals surface area (Å²) in [5.74, 6) is 1.56. The summed E-state index contributed by atoms with van der Waals surface area (Å²) in [6, 6.07) is 10.3. The van der Waals surface area contributed by atoms with Gasteiger partial charge in [0.05, 0.1) is 14.2 Å². The Bertz CT molecular complexity index is 449. The van der Waals surface area contributed by atoms with Crippen molar-refractivity contribution in [1.82, 2.24) is 0 Å². The van der Waals surface area contributed by atoms with Crippen molar-refractivity contribution in [1.29, 1.82) is 0 Å². The van der Waals surface area contributed by atoms with Crippen molar-refractivity contribution in [2.24, 2.45) is 0 Å². The van der Waals surface area contributed by atoms with Crippen LogP contribution in [0, 0.1) is 0 Å². The van der Waals surface area contributed by atoms with Crippen LogP contribution < -0.4 is 9.47 Å². The SMILES string of the molecule is COc1ccc(Cc2cccs2)cc1OC. The largest absolute Gasteiger partial charge is 0.493 e. The van der Waals surface area contributed by atoms with Crippen LogP contribution in [0.1, 0.15) is 10.4 Å². The smallest absolute Gasteiger partial charge is 0.160 e.